The number of carbonyl (C=O) groups is 1. The van der Waals surface area contributed by atoms with Crippen molar-refractivity contribution >= 4 is 17.8 Å². The third kappa shape index (κ3) is 3.45. The lowest BCUT2D eigenvalue weighted by Gasteiger charge is -2.12. The molecule has 0 amide bonds. The Morgan fingerprint density at radius 1 is 1.00 bits per heavy atom. The largest absolute Gasteiger partial charge is 0.462 e. The van der Waals surface area contributed by atoms with Crippen LogP contribution in [-0.2, 0) is 9.53 Å². The van der Waals surface area contributed by atoms with Crippen LogP contribution in [-0.4, -0.2) is 18.8 Å². The Labute approximate surface area is 124 Å². The molecular weight excluding hydrogens is 262 g/mol. The topological polar surface area (TPSA) is 50.2 Å². The molecule has 1 N–H and O–H groups in total. The molecule has 0 spiro atoms. The lowest BCUT2D eigenvalue weighted by molar-refractivity contribution is -0.137. The fraction of sp³-hybridized carbons (Fsp3) is 0.111. The van der Waals surface area contributed by atoms with E-state index in [0.29, 0.717) is 5.57 Å². The standard InChI is InChI=1S/C18H17NO2/c1-2-21-18(20)16(13-19)17(14-9-5-3-6-10-14)15-11-7-4-8-12-15/h3-13,19H,2H2,1H3. The van der Waals surface area contributed by atoms with Crippen molar-refractivity contribution in [1.29, 1.82) is 5.41 Å². The summed E-state index contributed by atoms with van der Waals surface area (Å²) in [5, 5.41) is 7.61. The number of hydrogen-bond acceptors (Lipinski definition) is 3. The van der Waals surface area contributed by atoms with Crippen molar-refractivity contribution in [3.8, 4) is 0 Å². The molecule has 0 bridgehead atoms. The van der Waals surface area contributed by atoms with Crippen LogP contribution in [0.3, 0.4) is 0 Å². The smallest absolute Gasteiger partial charge is 0.340 e. The number of rotatable bonds is 5. The molecule has 21 heavy (non-hydrogen) atoms. The Balaban J connectivity index is 2.65. The highest BCUT2D eigenvalue weighted by molar-refractivity contribution is 6.17. The van der Waals surface area contributed by atoms with Crippen LogP contribution in [0.15, 0.2) is 66.2 Å². The number of hydrogen-bond donors (Lipinski definition) is 1. The van der Waals surface area contributed by atoms with Crippen LogP contribution in [0.4, 0.5) is 0 Å². The summed E-state index contributed by atoms with van der Waals surface area (Å²) in [7, 11) is 0. The van der Waals surface area contributed by atoms with Gasteiger partial charge in [-0.2, -0.15) is 0 Å². The molecule has 0 heterocycles. The van der Waals surface area contributed by atoms with Gasteiger partial charge in [-0.3, -0.25) is 0 Å². The van der Waals surface area contributed by atoms with Crippen molar-refractivity contribution in [2.24, 2.45) is 0 Å². The van der Waals surface area contributed by atoms with E-state index in [-0.39, 0.29) is 12.2 Å². The molecule has 0 saturated heterocycles. The van der Waals surface area contributed by atoms with Gasteiger partial charge in [0.1, 0.15) is 0 Å². The van der Waals surface area contributed by atoms with E-state index >= 15 is 0 Å². The highest BCUT2D eigenvalue weighted by Gasteiger charge is 2.17. The van der Waals surface area contributed by atoms with Gasteiger partial charge >= 0.3 is 5.97 Å². The monoisotopic (exact) mass is 279 g/mol. The first-order chi connectivity index (χ1) is 10.3. The molecule has 2 aromatic carbocycles. The van der Waals surface area contributed by atoms with Crippen LogP contribution in [0, 0.1) is 5.41 Å². The Morgan fingerprint density at radius 3 is 1.86 bits per heavy atom. The second-order valence-corrected chi connectivity index (χ2v) is 4.39. The zero-order chi connectivity index (χ0) is 15.1. The molecule has 0 aliphatic rings. The maximum absolute atomic E-state index is 12.1. The molecule has 0 saturated carbocycles. The van der Waals surface area contributed by atoms with Gasteiger partial charge in [-0.15, -0.1) is 0 Å². The molecule has 0 atom stereocenters. The van der Waals surface area contributed by atoms with Gasteiger partial charge in [0.25, 0.3) is 0 Å². The molecule has 2 rings (SSSR count). The van der Waals surface area contributed by atoms with E-state index in [1.54, 1.807) is 6.92 Å². The maximum atomic E-state index is 12.1. The van der Waals surface area contributed by atoms with Crippen molar-refractivity contribution < 1.29 is 9.53 Å². The number of esters is 1. The molecule has 0 unspecified atom stereocenters. The average Bonchev–Trinajstić information content (AvgIpc) is 2.54. The van der Waals surface area contributed by atoms with Gasteiger partial charge < -0.3 is 10.1 Å². The lowest BCUT2D eigenvalue weighted by atomic mass is 9.93. The van der Waals surface area contributed by atoms with E-state index in [1.807, 2.05) is 60.7 Å². The average molecular weight is 279 g/mol. The summed E-state index contributed by atoms with van der Waals surface area (Å²) in [6.45, 7) is 2.04. The van der Waals surface area contributed by atoms with E-state index < -0.39 is 5.97 Å². The highest BCUT2D eigenvalue weighted by Crippen LogP contribution is 2.26. The Kier molecular flexibility index (Phi) is 5.04. The van der Waals surface area contributed by atoms with Crippen molar-refractivity contribution in [3.05, 3.63) is 77.4 Å². The van der Waals surface area contributed by atoms with Crippen LogP contribution in [0.5, 0.6) is 0 Å². The zero-order valence-corrected chi connectivity index (χ0v) is 11.9. The maximum Gasteiger partial charge on any atom is 0.340 e. The van der Waals surface area contributed by atoms with Gasteiger partial charge in [0.05, 0.1) is 12.2 Å². The van der Waals surface area contributed by atoms with Crippen molar-refractivity contribution in [1.82, 2.24) is 0 Å². The number of benzene rings is 2. The molecule has 2 aromatic rings. The Hall–Kier alpha value is -2.68. The third-order valence-electron chi connectivity index (χ3n) is 3.03. The van der Waals surface area contributed by atoms with Crippen LogP contribution < -0.4 is 0 Å². The van der Waals surface area contributed by atoms with Gasteiger partial charge in [0, 0.05) is 11.8 Å². The van der Waals surface area contributed by atoms with Gasteiger partial charge in [0.15, 0.2) is 0 Å². The van der Waals surface area contributed by atoms with Crippen LogP contribution in [0.2, 0.25) is 0 Å². The molecule has 0 fully saturated rings. The van der Waals surface area contributed by atoms with Crippen molar-refractivity contribution in [2.45, 2.75) is 6.92 Å². The highest BCUT2D eigenvalue weighted by atomic mass is 16.5. The first-order valence-electron chi connectivity index (χ1n) is 6.80. The Bertz CT molecular complexity index is 604. The fourth-order valence-electron chi connectivity index (χ4n) is 2.13. The summed E-state index contributed by atoms with van der Waals surface area (Å²) in [6, 6.07) is 19.2. The summed E-state index contributed by atoms with van der Waals surface area (Å²) in [5.74, 6) is -0.477. The summed E-state index contributed by atoms with van der Waals surface area (Å²) in [6.07, 6.45) is 1.06. The quantitative estimate of drug-likeness (QED) is 0.515. The van der Waals surface area contributed by atoms with Crippen molar-refractivity contribution in [2.75, 3.05) is 6.61 Å². The van der Waals surface area contributed by atoms with Crippen LogP contribution in [0.1, 0.15) is 18.1 Å². The number of nitrogens with one attached hydrogen (secondary N) is 1. The summed E-state index contributed by atoms with van der Waals surface area (Å²) >= 11 is 0. The third-order valence-corrected chi connectivity index (χ3v) is 3.03. The number of ether oxygens (including phenoxy) is 1. The minimum absolute atomic E-state index is 0.259. The molecule has 0 radical (unpaired) electrons. The van der Waals surface area contributed by atoms with Gasteiger partial charge in [-0.1, -0.05) is 60.7 Å². The Morgan fingerprint density at radius 2 is 1.48 bits per heavy atom. The number of carbonyl (C=O) groups excluding carboxylic acids is 1. The predicted molar refractivity (Wildman–Crippen MR) is 84.3 cm³/mol. The fourth-order valence-corrected chi connectivity index (χ4v) is 2.13. The first-order valence-corrected chi connectivity index (χ1v) is 6.80. The molecule has 3 nitrogen and oxygen atoms in total. The zero-order valence-electron chi connectivity index (χ0n) is 11.9. The summed E-state index contributed by atoms with van der Waals surface area (Å²) < 4.78 is 5.07. The summed E-state index contributed by atoms with van der Waals surface area (Å²) in [5.41, 5.74) is 2.74. The van der Waals surface area contributed by atoms with Gasteiger partial charge in [-0.25, -0.2) is 4.79 Å². The first kappa shape index (κ1) is 14.7. The molecule has 106 valence electrons. The van der Waals surface area contributed by atoms with Gasteiger partial charge in [-0.05, 0) is 18.1 Å². The lowest BCUT2D eigenvalue weighted by Crippen LogP contribution is -2.11. The predicted octanol–water partition coefficient (Wildman–Crippen LogP) is 3.70. The SMILES string of the molecule is CCOC(=O)C(C=N)=C(c1ccccc1)c1ccccc1. The van der Waals surface area contributed by atoms with Crippen LogP contribution >= 0.6 is 0 Å². The molecule has 3 heteroatoms. The second kappa shape index (κ2) is 7.20. The molecule has 0 aliphatic heterocycles. The van der Waals surface area contributed by atoms with Crippen LogP contribution in [0.25, 0.3) is 5.57 Å². The molecular formula is C18H17NO2. The molecule has 0 aromatic heterocycles. The minimum atomic E-state index is -0.477. The summed E-state index contributed by atoms with van der Waals surface area (Å²) in [4.78, 5) is 12.1. The van der Waals surface area contributed by atoms with Gasteiger partial charge in [0.2, 0.25) is 0 Å². The normalized spacial score (nSPS) is 9.76. The van der Waals surface area contributed by atoms with E-state index in [0.717, 1.165) is 17.3 Å². The molecule has 0 aliphatic carbocycles. The van der Waals surface area contributed by atoms with E-state index in [2.05, 4.69) is 0 Å². The van der Waals surface area contributed by atoms with E-state index in [9.17, 15) is 4.79 Å². The minimum Gasteiger partial charge on any atom is -0.462 e. The van der Waals surface area contributed by atoms with E-state index in [4.69, 9.17) is 10.1 Å². The van der Waals surface area contributed by atoms with E-state index in [1.165, 1.54) is 0 Å². The van der Waals surface area contributed by atoms with Crippen molar-refractivity contribution in [3.63, 3.8) is 0 Å². The second-order valence-electron chi connectivity index (χ2n) is 4.39.